The van der Waals surface area contributed by atoms with Crippen LogP contribution in [0.4, 0.5) is 5.95 Å². The highest BCUT2D eigenvalue weighted by molar-refractivity contribution is 7.71. The molecule has 0 spiro atoms. The van der Waals surface area contributed by atoms with Crippen LogP contribution in [-0.4, -0.2) is 21.5 Å². The number of nitrogens with two attached hydrogens (primary N) is 1. The number of hydrogen-bond acceptors (Lipinski definition) is 6. The number of aromatic amines is 1. The molecule has 1 fully saturated rings. The van der Waals surface area contributed by atoms with Gasteiger partial charge in [-0.1, -0.05) is 6.92 Å². The molecular formula is C7H12N6S. The van der Waals surface area contributed by atoms with Crippen molar-refractivity contribution in [1.29, 1.82) is 0 Å². The minimum atomic E-state index is 0.113. The number of rotatable bonds is 1. The molecule has 6 nitrogen and oxygen atoms in total. The van der Waals surface area contributed by atoms with Crippen LogP contribution in [0.15, 0.2) is 0 Å². The molecule has 1 saturated heterocycles. The summed E-state index contributed by atoms with van der Waals surface area (Å²) in [6.07, 6.45) is 0. The maximum Gasteiger partial charge on any atom is 0.224 e. The van der Waals surface area contributed by atoms with Crippen molar-refractivity contribution in [3.8, 4) is 0 Å². The van der Waals surface area contributed by atoms with Gasteiger partial charge in [-0.3, -0.25) is 5.43 Å². The largest absolute Gasteiger partial charge is 0.369 e. The Morgan fingerprint density at radius 3 is 2.86 bits per heavy atom. The monoisotopic (exact) mass is 212 g/mol. The third kappa shape index (κ3) is 1.74. The SMILES string of the molecule is CC1CNNC1c1nc(=S)nc(N)[nH]1. The summed E-state index contributed by atoms with van der Waals surface area (Å²) in [5.41, 5.74) is 11.7. The summed E-state index contributed by atoms with van der Waals surface area (Å²) in [5.74, 6) is 1.48. The van der Waals surface area contributed by atoms with E-state index in [0.29, 0.717) is 11.9 Å². The van der Waals surface area contributed by atoms with Crippen molar-refractivity contribution in [2.24, 2.45) is 5.92 Å². The van der Waals surface area contributed by atoms with Gasteiger partial charge in [-0.25, -0.2) is 10.4 Å². The second kappa shape index (κ2) is 3.60. The predicted molar refractivity (Wildman–Crippen MR) is 54.7 cm³/mol. The summed E-state index contributed by atoms with van der Waals surface area (Å²) in [5, 5.41) is 0. The molecule has 0 radical (unpaired) electrons. The normalized spacial score (nSPS) is 26.6. The van der Waals surface area contributed by atoms with Gasteiger partial charge in [0.2, 0.25) is 10.7 Å². The standard InChI is InChI=1S/C7H12N6S/c1-3-2-9-13-4(3)5-10-6(8)12-7(14)11-5/h3-4,9,13H,2H2,1H3,(H3,8,10,11,12,14). The summed E-state index contributed by atoms with van der Waals surface area (Å²) in [6, 6.07) is 0.113. The van der Waals surface area contributed by atoms with Gasteiger partial charge in [0.25, 0.3) is 0 Å². The Morgan fingerprint density at radius 2 is 2.29 bits per heavy atom. The van der Waals surface area contributed by atoms with E-state index in [1.807, 2.05) is 0 Å². The Kier molecular flexibility index (Phi) is 2.44. The molecular weight excluding hydrogens is 200 g/mol. The van der Waals surface area contributed by atoms with Crippen molar-refractivity contribution in [1.82, 2.24) is 25.8 Å². The van der Waals surface area contributed by atoms with E-state index in [1.54, 1.807) is 0 Å². The van der Waals surface area contributed by atoms with E-state index in [4.69, 9.17) is 18.0 Å². The maximum atomic E-state index is 5.55. The number of nitrogens with one attached hydrogen (secondary N) is 3. The highest BCUT2D eigenvalue weighted by Crippen LogP contribution is 2.20. The van der Waals surface area contributed by atoms with Crippen LogP contribution in [0, 0.1) is 10.7 Å². The van der Waals surface area contributed by atoms with Crippen LogP contribution >= 0.6 is 12.2 Å². The number of hydrogen-bond donors (Lipinski definition) is 4. The average molecular weight is 212 g/mol. The summed E-state index contributed by atoms with van der Waals surface area (Å²) < 4.78 is 0.275. The molecule has 2 rings (SSSR count). The van der Waals surface area contributed by atoms with E-state index in [-0.39, 0.29) is 10.8 Å². The molecule has 5 N–H and O–H groups in total. The van der Waals surface area contributed by atoms with Crippen molar-refractivity contribution in [2.75, 3.05) is 12.3 Å². The van der Waals surface area contributed by atoms with E-state index in [9.17, 15) is 0 Å². The molecule has 0 aliphatic carbocycles. The first kappa shape index (κ1) is 9.50. The van der Waals surface area contributed by atoms with Gasteiger partial charge >= 0.3 is 0 Å². The Hall–Kier alpha value is -1.05. The van der Waals surface area contributed by atoms with Gasteiger partial charge < -0.3 is 10.7 Å². The van der Waals surface area contributed by atoms with Gasteiger partial charge in [-0.05, 0) is 18.1 Å². The smallest absolute Gasteiger partial charge is 0.224 e. The maximum absolute atomic E-state index is 5.55. The number of aromatic nitrogens is 3. The Balaban J connectivity index is 2.36. The first-order valence-electron chi connectivity index (χ1n) is 4.39. The first-order chi connectivity index (χ1) is 6.66. The zero-order valence-corrected chi connectivity index (χ0v) is 8.56. The molecule has 1 aromatic heterocycles. The first-order valence-corrected chi connectivity index (χ1v) is 4.80. The molecule has 14 heavy (non-hydrogen) atoms. The molecule has 0 aromatic carbocycles. The van der Waals surface area contributed by atoms with Gasteiger partial charge in [0.05, 0.1) is 6.04 Å². The number of H-pyrrole nitrogens is 1. The highest BCUT2D eigenvalue weighted by Gasteiger charge is 2.26. The highest BCUT2D eigenvalue weighted by atomic mass is 32.1. The summed E-state index contributed by atoms with van der Waals surface area (Å²) >= 11 is 4.89. The van der Waals surface area contributed by atoms with Gasteiger partial charge in [0.15, 0.2) is 0 Å². The Labute approximate surface area is 86.3 Å². The summed E-state index contributed by atoms with van der Waals surface area (Å²) in [7, 11) is 0. The lowest BCUT2D eigenvalue weighted by molar-refractivity contribution is 0.480. The summed E-state index contributed by atoms with van der Waals surface area (Å²) in [4.78, 5) is 10.8. The number of nitrogens with zero attached hydrogens (tertiary/aromatic N) is 2. The minimum absolute atomic E-state index is 0.113. The van der Waals surface area contributed by atoms with Crippen LogP contribution in [0.5, 0.6) is 0 Å². The molecule has 0 saturated carbocycles. The van der Waals surface area contributed by atoms with E-state index in [1.165, 1.54) is 0 Å². The van der Waals surface area contributed by atoms with E-state index < -0.39 is 0 Å². The number of nitrogen functional groups attached to an aromatic ring is 1. The lowest BCUT2D eigenvalue weighted by atomic mass is 10.0. The lowest BCUT2D eigenvalue weighted by Crippen LogP contribution is -2.26. The zero-order chi connectivity index (χ0) is 10.1. The van der Waals surface area contributed by atoms with Gasteiger partial charge in [0, 0.05) is 6.54 Å². The third-order valence-corrected chi connectivity index (χ3v) is 2.42. The van der Waals surface area contributed by atoms with Crippen LogP contribution in [-0.2, 0) is 0 Å². The van der Waals surface area contributed by atoms with Crippen LogP contribution in [0.3, 0.4) is 0 Å². The molecule has 0 bridgehead atoms. The fourth-order valence-corrected chi connectivity index (χ4v) is 1.69. The fraction of sp³-hybridized carbons (Fsp3) is 0.571. The van der Waals surface area contributed by atoms with E-state index in [2.05, 4.69) is 32.7 Å². The van der Waals surface area contributed by atoms with Gasteiger partial charge in [-0.2, -0.15) is 4.98 Å². The van der Waals surface area contributed by atoms with Crippen LogP contribution in [0.25, 0.3) is 0 Å². The second-order valence-electron chi connectivity index (χ2n) is 3.38. The fourth-order valence-electron chi connectivity index (χ4n) is 1.49. The van der Waals surface area contributed by atoms with Crippen LogP contribution < -0.4 is 16.6 Å². The molecule has 2 atom stereocenters. The Bertz CT molecular complexity index is 388. The van der Waals surface area contributed by atoms with Crippen molar-refractivity contribution >= 4 is 18.2 Å². The van der Waals surface area contributed by atoms with Crippen LogP contribution in [0.1, 0.15) is 18.8 Å². The molecule has 76 valence electrons. The molecule has 2 unspecified atom stereocenters. The van der Waals surface area contributed by atoms with Crippen molar-refractivity contribution < 1.29 is 0 Å². The minimum Gasteiger partial charge on any atom is -0.369 e. The zero-order valence-electron chi connectivity index (χ0n) is 7.74. The third-order valence-electron chi connectivity index (χ3n) is 2.23. The molecule has 1 aliphatic rings. The molecule has 0 amide bonds. The molecule has 1 aromatic rings. The lowest BCUT2D eigenvalue weighted by Gasteiger charge is -2.13. The average Bonchev–Trinajstić information content (AvgIpc) is 2.49. The quantitative estimate of drug-likeness (QED) is 0.486. The van der Waals surface area contributed by atoms with E-state index >= 15 is 0 Å². The van der Waals surface area contributed by atoms with Crippen molar-refractivity contribution in [3.05, 3.63) is 10.6 Å². The predicted octanol–water partition coefficient (Wildman–Crippen LogP) is -0.0986. The number of hydrazine groups is 1. The Morgan fingerprint density at radius 1 is 1.50 bits per heavy atom. The second-order valence-corrected chi connectivity index (χ2v) is 3.75. The van der Waals surface area contributed by atoms with Crippen molar-refractivity contribution in [2.45, 2.75) is 13.0 Å². The van der Waals surface area contributed by atoms with Crippen LogP contribution in [0.2, 0.25) is 0 Å². The van der Waals surface area contributed by atoms with E-state index in [0.717, 1.165) is 12.4 Å². The molecule has 1 aliphatic heterocycles. The van der Waals surface area contributed by atoms with Gasteiger partial charge in [0.1, 0.15) is 5.82 Å². The topological polar surface area (TPSA) is 91.7 Å². The number of anilines is 1. The molecule has 7 heteroatoms. The molecule has 2 heterocycles. The van der Waals surface area contributed by atoms with Crippen molar-refractivity contribution in [3.63, 3.8) is 0 Å². The summed E-state index contributed by atoms with van der Waals surface area (Å²) in [6.45, 7) is 3.02. The van der Waals surface area contributed by atoms with Gasteiger partial charge in [-0.15, -0.1) is 0 Å².